The van der Waals surface area contributed by atoms with Gasteiger partial charge in [-0.25, -0.2) is 15.0 Å². The third-order valence-corrected chi connectivity index (χ3v) is 5.43. The molecule has 0 radical (unpaired) electrons. The van der Waals surface area contributed by atoms with Gasteiger partial charge in [0.1, 0.15) is 5.65 Å². The molecule has 0 atom stereocenters. The van der Waals surface area contributed by atoms with E-state index < -0.39 is 0 Å². The Morgan fingerprint density at radius 1 is 0.903 bits per heavy atom. The number of fused-ring (bicyclic) bond motifs is 1. The maximum atomic E-state index is 6.03. The third-order valence-electron chi connectivity index (χ3n) is 5.18. The monoisotopic (exact) mass is 425 g/mol. The van der Waals surface area contributed by atoms with Gasteiger partial charge in [0.15, 0.2) is 0 Å². The van der Waals surface area contributed by atoms with Gasteiger partial charge in [-0.3, -0.25) is 0 Å². The Morgan fingerprint density at radius 3 is 2.58 bits per heavy atom. The summed E-state index contributed by atoms with van der Waals surface area (Å²) in [6, 6.07) is 22.2. The minimum atomic E-state index is 0.615. The van der Waals surface area contributed by atoms with E-state index in [-0.39, 0.29) is 0 Å². The number of rotatable bonds is 6. The lowest BCUT2D eigenvalue weighted by atomic mass is 10.0. The summed E-state index contributed by atoms with van der Waals surface area (Å²) in [6.07, 6.45) is 6.50. The van der Waals surface area contributed by atoms with Gasteiger partial charge in [0.05, 0.1) is 5.69 Å². The average Bonchev–Trinajstić information content (AvgIpc) is 3.24. The van der Waals surface area contributed by atoms with Crippen molar-refractivity contribution in [2.45, 2.75) is 6.42 Å². The number of halogens is 1. The first-order chi connectivity index (χ1) is 15.3. The molecular weight excluding hydrogens is 406 g/mol. The van der Waals surface area contributed by atoms with Crippen LogP contribution in [-0.4, -0.2) is 26.5 Å². The molecule has 2 aromatic carbocycles. The molecule has 0 aliphatic rings. The van der Waals surface area contributed by atoms with Gasteiger partial charge in [0, 0.05) is 46.7 Å². The number of anilines is 1. The zero-order valence-electron chi connectivity index (χ0n) is 16.7. The molecule has 0 saturated heterocycles. The van der Waals surface area contributed by atoms with E-state index >= 15 is 0 Å². The second-order valence-corrected chi connectivity index (χ2v) is 7.69. The largest absolute Gasteiger partial charge is 0.354 e. The summed E-state index contributed by atoms with van der Waals surface area (Å²) in [6.45, 7) is 0.767. The molecule has 6 heteroatoms. The Bertz CT molecular complexity index is 1310. The molecule has 5 nitrogen and oxygen atoms in total. The number of aromatic amines is 1. The van der Waals surface area contributed by atoms with Crippen LogP contribution in [0, 0.1) is 0 Å². The minimum Gasteiger partial charge on any atom is -0.354 e. The number of H-pyrrole nitrogens is 1. The first kappa shape index (κ1) is 19.3. The fourth-order valence-electron chi connectivity index (χ4n) is 3.57. The highest BCUT2D eigenvalue weighted by atomic mass is 35.5. The van der Waals surface area contributed by atoms with E-state index in [0.717, 1.165) is 46.4 Å². The van der Waals surface area contributed by atoms with Gasteiger partial charge in [0.2, 0.25) is 5.95 Å². The fraction of sp³-hybridized carbons (Fsp3) is 0.0800. The lowest BCUT2D eigenvalue weighted by Crippen LogP contribution is -2.08. The number of hydrogen-bond donors (Lipinski definition) is 2. The van der Waals surface area contributed by atoms with Crippen molar-refractivity contribution in [3.8, 4) is 22.4 Å². The maximum Gasteiger partial charge on any atom is 0.223 e. The summed E-state index contributed by atoms with van der Waals surface area (Å²) in [5.74, 6) is 0.615. The number of nitrogens with zero attached hydrogens (tertiary/aromatic N) is 3. The number of hydrogen-bond acceptors (Lipinski definition) is 4. The molecule has 2 N–H and O–H groups in total. The molecule has 0 saturated carbocycles. The highest BCUT2D eigenvalue weighted by Gasteiger charge is 2.11. The third kappa shape index (κ3) is 4.27. The molecule has 0 bridgehead atoms. The Hall–Kier alpha value is -3.70. The summed E-state index contributed by atoms with van der Waals surface area (Å²) >= 11 is 6.03. The predicted molar refractivity (Wildman–Crippen MR) is 126 cm³/mol. The molecule has 3 aromatic heterocycles. The van der Waals surface area contributed by atoms with E-state index in [1.54, 1.807) is 6.20 Å². The van der Waals surface area contributed by atoms with Crippen LogP contribution in [-0.2, 0) is 6.42 Å². The summed E-state index contributed by atoms with van der Waals surface area (Å²) < 4.78 is 0. The molecule has 152 valence electrons. The average molecular weight is 426 g/mol. The van der Waals surface area contributed by atoms with E-state index in [9.17, 15) is 0 Å². The van der Waals surface area contributed by atoms with Crippen LogP contribution in [0.5, 0.6) is 0 Å². The molecule has 5 rings (SSSR count). The number of benzene rings is 2. The standard InChI is InChI=1S/C25H20ClN5/c26-20-8-6-18(7-9-20)19-14-21-22(16-30-24(21)29-15-19)23-11-13-28-25(31-23)27-12-10-17-4-2-1-3-5-17/h1-9,11,13-16H,10,12H2,(H,29,30)(H,27,28,31). The summed E-state index contributed by atoms with van der Waals surface area (Å²) in [5.41, 5.74) is 6.04. The molecular formula is C25H20ClN5. The molecule has 31 heavy (non-hydrogen) atoms. The second kappa shape index (κ2) is 8.58. The van der Waals surface area contributed by atoms with Crippen molar-refractivity contribution in [2.75, 3.05) is 11.9 Å². The molecule has 0 aliphatic carbocycles. The summed E-state index contributed by atoms with van der Waals surface area (Å²) in [7, 11) is 0. The Morgan fingerprint density at radius 2 is 1.74 bits per heavy atom. The van der Waals surface area contributed by atoms with Crippen LogP contribution in [0.2, 0.25) is 5.02 Å². The van der Waals surface area contributed by atoms with Gasteiger partial charge in [-0.15, -0.1) is 0 Å². The zero-order valence-corrected chi connectivity index (χ0v) is 17.5. The van der Waals surface area contributed by atoms with Crippen molar-refractivity contribution in [2.24, 2.45) is 0 Å². The Kier molecular flexibility index (Phi) is 5.33. The predicted octanol–water partition coefficient (Wildman–Crippen LogP) is 5.99. The van der Waals surface area contributed by atoms with Crippen LogP contribution in [0.25, 0.3) is 33.4 Å². The van der Waals surface area contributed by atoms with Crippen LogP contribution >= 0.6 is 11.6 Å². The SMILES string of the molecule is Clc1ccc(-c2cnc3[nH]cc(-c4ccnc(NCCc5ccccc5)n4)c3c2)cc1. The molecule has 0 spiro atoms. The van der Waals surface area contributed by atoms with Gasteiger partial charge in [-0.1, -0.05) is 54.1 Å². The highest BCUT2D eigenvalue weighted by Crippen LogP contribution is 2.30. The quantitative estimate of drug-likeness (QED) is 0.350. The lowest BCUT2D eigenvalue weighted by Gasteiger charge is -2.07. The van der Waals surface area contributed by atoms with E-state index in [4.69, 9.17) is 16.6 Å². The summed E-state index contributed by atoms with van der Waals surface area (Å²) in [5, 5.41) is 5.06. The van der Waals surface area contributed by atoms with Crippen LogP contribution in [0.1, 0.15) is 5.56 Å². The first-order valence-corrected chi connectivity index (χ1v) is 10.5. The number of pyridine rings is 1. The van der Waals surface area contributed by atoms with Crippen molar-refractivity contribution >= 4 is 28.6 Å². The van der Waals surface area contributed by atoms with Crippen molar-refractivity contribution in [1.82, 2.24) is 19.9 Å². The smallest absolute Gasteiger partial charge is 0.223 e. The van der Waals surface area contributed by atoms with Gasteiger partial charge in [-0.2, -0.15) is 0 Å². The number of nitrogens with one attached hydrogen (secondary N) is 2. The van der Waals surface area contributed by atoms with Gasteiger partial charge < -0.3 is 10.3 Å². The topological polar surface area (TPSA) is 66.5 Å². The van der Waals surface area contributed by atoms with Gasteiger partial charge in [-0.05, 0) is 41.8 Å². The van der Waals surface area contributed by atoms with Crippen molar-refractivity contribution in [1.29, 1.82) is 0 Å². The van der Waals surface area contributed by atoms with E-state index in [1.165, 1.54) is 5.56 Å². The lowest BCUT2D eigenvalue weighted by molar-refractivity contribution is 0.985. The summed E-state index contributed by atoms with van der Waals surface area (Å²) in [4.78, 5) is 16.9. The number of aromatic nitrogens is 4. The fourth-order valence-corrected chi connectivity index (χ4v) is 3.70. The molecule has 0 unspecified atom stereocenters. The van der Waals surface area contributed by atoms with Gasteiger partial charge in [0.25, 0.3) is 0 Å². The zero-order chi connectivity index (χ0) is 21.0. The highest BCUT2D eigenvalue weighted by molar-refractivity contribution is 6.30. The van der Waals surface area contributed by atoms with Gasteiger partial charge >= 0.3 is 0 Å². The molecule has 0 amide bonds. The van der Waals surface area contributed by atoms with E-state index in [1.807, 2.05) is 48.8 Å². The van der Waals surface area contributed by atoms with E-state index in [0.29, 0.717) is 11.0 Å². The maximum absolute atomic E-state index is 6.03. The normalized spacial score (nSPS) is 11.0. The van der Waals surface area contributed by atoms with Crippen molar-refractivity contribution in [3.05, 3.63) is 95.9 Å². The Labute approximate surface area is 185 Å². The van der Waals surface area contributed by atoms with Crippen LogP contribution in [0.4, 0.5) is 5.95 Å². The minimum absolute atomic E-state index is 0.615. The molecule has 0 fully saturated rings. The molecule has 3 heterocycles. The van der Waals surface area contributed by atoms with E-state index in [2.05, 4.69) is 50.6 Å². The Balaban J connectivity index is 1.40. The van der Waals surface area contributed by atoms with Crippen molar-refractivity contribution in [3.63, 3.8) is 0 Å². The molecule has 5 aromatic rings. The van der Waals surface area contributed by atoms with Crippen LogP contribution in [0.15, 0.2) is 85.3 Å². The first-order valence-electron chi connectivity index (χ1n) is 10.1. The van der Waals surface area contributed by atoms with Crippen molar-refractivity contribution < 1.29 is 0 Å². The molecule has 0 aliphatic heterocycles. The van der Waals surface area contributed by atoms with Crippen LogP contribution < -0.4 is 5.32 Å². The second-order valence-electron chi connectivity index (χ2n) is 7.26. The van der Waals surface area contributed by atoms with Crippen LogP contribution in [0.3, 0.4) is 0 Å².